The summed E-state index contributed by atoms with van der Waals surface area (Å²) in [6, 6.07) is 10.2. The molecule has 1 aromatic heterocycles. The molecule has 0 radical (unpaired) electrons. The predicted molar refractivity (Wildman–Crippen MR) is 112 cm³/mol. The van der Waals surface area contributed by atoms with E-state index in [0.29, 0.717) is 29.1 Å². The zero-order valence-corrected chi connectivity index (χ0v) is 17.6. The molecule has 2 aliphatic carbocycles. The van der Waals surface area contributed by atoms with E-state index in [0.717, 1.165) is 24.2 Å². The molecule has 29 heavy (non-hydrogen) atoms. The Hall–Kier alpha value is -2.40. The minimum atomic E-state index is 0.00620. The summed E-state index contributed by atoms with van der Waals surface area (Å²) < 4.78 is 5.36. The molecule has 2 saturated carbocycles. The van der Waals surface area contributed by atoms with Crippen LogP contribution in [0.4, 0.5) is 0 Å². The summed E-state index contributed by atoms with van der Waals surface area (Å²) in [4.78, 5) is 19.5. The number of carbonyl (C=O) groups is 1. The molecule has 0 bridgehead atoms. The fourth-order valence-corrected chi connectivity index (χ4v) is 6.02. The number of aryl methyl sites for hydroxylation is 2. The lowest BCUT2D eigenvalue weighted by Crippen LogP contribution is -2.54. The van der Waals surface area contributed by atoms with Crippen molar-refractivity contribution < 1.29 is 9.53 Å². The summed E-state index contributed by atoms with van der Waals surface area (Å²) >= 11 is 0. The molecule has 1 aromatic carbocycles. The van der Waals surface area contributed by atoms with Crippen LogP contribution < -0.4 is 10.1 Å². The summed E-state index contributed by atoms with van der Waals surface area (Å²) in [5.41, 5.74) is 4.78. The molecule has 1 N–H and O–H groups in total. The van der Waals surface area contributed by atoms with Crippen LogP contribution in [0.25, 0.3) is 0 Å². The van der Waals surface area contributed by atoms with Crippen molar-refractivity contribution in [3.05, 3.63) is 58.9 Å². The third-order valence-electron chi connectivity index (χ3n) is 7.44. The van der Waals surface area contributed by atoms with Crippen LogP contribution in [0.2, 0.25) is 0 Å². The topological polar surface area (TPSA) is 54.5 Å². The molecule has 5 heteroatoms. The van der Waals surface area contributed by atoms with Crippen LogP contribution in [-0.2, 0) is 0 Å². The highest BCUT2D eigenvalue weighted by molar-refractivity contribution is 5.94. The first kappa shape index (κ1) is 18.6. The number of amides is 1. The number of rotatable bonds is 5. The van der Waals surface area contributed by atoms with Gasteiger partial charge in [0.2, 0.25) is 0 Å². The summed E-state index contributed by atoms with van der Waals surface area (Å²) in [6.07, 6.45) is 6.86. The zero-order valence-electron chi connectivity index (χ0n) is 17.6. The van der Waals surface area contributed by atoms with Gasteiger partial charge in [-0.2, -0.15) is 0 Å². The zero-order chi connectivity index (χ0) is 20.3. The van der Waals surface area contributed by atoms with Crippen LogP contribution in [0.1, 0.15) is 59.3 Å². The van der Waals surface area contributed by atoms with E-state index in [2.05, 4.69) is 47.2 Å². The standard InChI is InChI=1S/C24H29N3O2/c1-14-7-17(13-25-12-14)23(28)26-18-9-21-24(10-18)11-22(24)27(21)16(3)20-6-5-19(29-4)8-15(20)2/h5-8,12-13,16,18,21-22H,9-11H2,1-4H3,(H,26,28). The molecule has 1 spiro atoms. The molecule has 1 saturated heterocycles. The first-order valence-corrected chi connectivity index (χ1v) is 10.6. The number of hydrogen-bond acceptors (Lipinski definition) is 4. The van der Waals surface area contributed by atoms with E-state index in [1.807, 2.05) is 13.0 Å². The molecule has 5 unspecified atom stereocenters. The Balaban J connectivity index is 1.28. The van der Waals surface area contributed by atoms with Crippen molar-refractivity contribution in [1.29, 1.82) is 0 Å². The van der Waals surface area contributed by atoms with Crippen LogP contribution in [0.3, 0.4) is 0 Å². The van der Waals surface area contributed by atoms with Crippen molar-refractivity contribution in [1.82, 2.24) is 15.2 Å². The Morgan fingerprint density at radius 2 is 2.07 bits per heavy atom. The van der Waals surface area contributed by atoms with Gasteiger partial charge in [-0.15, -0.1) is 0 Å². The lowest BCUT2D eigenvalue weighted by atomic mass is 9.86. The Morgan fingerprint density at radius 3 is 2.79 bits per heavy atom. The second kappa shape index (κ2) is 6.56. The third-order valence-corrected chi connectivity index (χ3v) is 7.44. The molecule has 3 fully saturated rings. The first-order chi connectivity index (χ1) is 13.9. The van der Waals surface area contributed by atoms with Gasteiger partial charge >= 0.3 is 0 Å². The highest BCUT2D eigenvalue weighted by atomic mass is 16.5. The van der Waals surface area contributed by atoms with Crippen LogP contribution in [0.15, 0.2) is 36.7 Å². The van der Waals surface area contributed by atoms with E-state index in [4.69, 9.17) is 4.74 Å². The second-order valence-electron chi connectivity index (χ2n) is 9.18. The van der Waals surface area contributed by atoms with Crippen LogP contribution >= 0.6 is 0 Å². The molecule has 3 aliphatic rings. The van der Waals surface area contributed by atoms with Gasteiger partial charge in [-0.1, -0.05) is 6.07 Å². The number of likely N-dealkylation sites (tertiary alicyclic amines) is 1. The van der Waals surface area contributed by atoms with Crippen molar-refractivity contribution in [3.63, 3.8) is 0 Å². The maximum atomic E-state index is 12.7. The van der Waals surface area contributed by atoms with Crippen LogP contribution in [0.5, 0.6) is 5.75 Å². The van der Waals surface area contributed by atoms with Gasteiger partial charge in [0.15, 0.2) is 0 Å². The molecule has 1 amide bonds. The smallest absolute Gasteiger partial charge is 0.253 e. The van der Waals surface area contributed by atoms with Crippen molar-refractivity contribution in [2.24, 2.45) is 5.41 Å². The normalized spacial score (nSPS) is 30.7. The number of benzene rings is 1. The molecule has 2 aromatic rings. The van der Waals surface area contributed by atoms with Gasteiger partial charge in [-0.3, -0.25) is 14.7 Å². The van der Waals surface area contributed by atoms with Gasteiger partial charge in [0.25, 0.3) is 5.91 Å². The van der Waals surface area contributed by atoms with E-state index in [1.165, 1.54) is 17.5 Å². The molecule has 5 nitrogen and oxygen atoms in total. The van der Waals surface area contributed by atoms with E-state index in [-0.39, 0.29) is 11.9 Å². The number of aromatic nitrogens is 1. The number of nitrogens with one attached hydrogen (secondary N) is 1. The first-order valence-electron chi connectivity index (χ1n) is 10.6. The molecule has 1 aliphatic heterocycles. The summed E-state index contributed by atoms with van der Waals surface area (Å²) in [6.45, 7) is 6.46. The fourth-order valence-electron chi connectivity index (χ4n) is 6.02. The van der Waals surface area contributed by atoms with Crippen LogP contribution in [0, 0.1) is 19.3 Å². The number of pyridine rings is 1. The quantitative estimate of drug-likeness (QED) is 0.842. The average Bonchev–Trinajstić information content (AvgIpc) is 3.20. The monoisotopic (exact) mass is 391 g/mol. The maximum absolute atomic E-state index is 12.7. The highest BCUT2D eigenvalue weighted by Crippen LogP contribution is 2.72. The summed E-state index contributed by atoms with van der Waals surface area (Å²) in [5, 5.41) is 3.28. The van der Waals surface area contributed by atoms with Gasteiger partial charge in [-0.05, 0) is 74.9 Å². The number of methoxy groups -OCH3 is 1. The molecule has 5 atom stereocenters. The van der Waals surface area contributed by atoms with Gasteiger partial charge in [0.05, 0.1) is 12.7 Å². The van der Waals surface area contributed by atoms with Crippen molar-refractivity contribution >= 4 is 5.91 Å². The Morgan fingerprint density at radius 1 is 1.24 bits per heavy atom. The highest BCUT2D eigenvalue weighted by Gasteiger charge is 2.76. The van der Waals surface area contributed by atoms with Crippen LogP contribution in [-0.4, -0.2) is 41.0 Å². The fraction of sp³-hybridized carbons (Fsp3) is 0.500. The largest absolute Gasteiger partial charge is 0.497 e. The van der Waals surface area contributed by atoms with Gasteiger partial charge in [0, 0.05) is 42.0 Å². The van der Waals surface area contributed by atoms with Crippen molar-refractivity contribution in [2.75, 3.05) is 7.11 Å². The average molecular weight is 392 g/mol. The predicted octanol–water partition coefficient (Wildman–Crippen LogP) is 3.80. The Labute approximate surface area is 172 Å². The van der Waals surface area contributed by atoms with Gasteiger partial charge in [-0.25, -0.2) is 0 Å². The minimum Gasteiger partial charge on any atom is -0.497 e. The lowest BCUT2D eigenvalue weighted by Gasteiger charge is -2.48. The molecular formula is C24H29N3O2. The Bertz CT molecular complexity index is 974. The van der Waals surface area contributed by atoms with Crippen molar-refractivity contribution in [2.45, 2.75) is 64.2 Å². The maximum Gasteiger partial charge on any atom is 0.253 e. The molecule has 2 heterocycles. The Kier molecular flexibility index (Phi) is 4.21. The van der Waals surface area contributed by atoms with Gasteiger partial charge in [0.1, 0.15) is 5.75 Å². The van der Waals surface area contributed by atoms with Gasteiger partial charge < -0.3 is 10.1 Å². The number of nitrogens with zero attached hydrogens (tertiary/aromatic N) is 2. The summed E-state index contributed by atoms with van der Waals surface area (Å²) in [7, 11) is 1.71. The molecular weight excluding hydrogens is 362 g/mol. The molecule has 5 rings (SSSR count). The van der Waals surface area contributed by atoms with E-state index in [1.54, 1.807) is 19.5 Å². The lowest BCUT2D eigenvalue weighted by molar-refractivity contribution is -0.00102. The van der Waals surface area contributed by atoms with E-state index >= 15 is 0 Å². The third kappa shape index (κ3) is 2.86. The van der Waals surface area contributed by atoms with Crippen molar-refractivity contribution in [3.8, 4) is 5.75 Å². The summed E-state index contributed by atoms with van der Waals surface area (Å²) in [5.74, 6) is 0.920. The number of carbonyl (C=O) groups excluding carboxylic acids is 1. The number of hydrogen-bond donors (Lipinski definition) is 1. The van der Waals surface area contributed by atoms with E-state index in [9.17, 15) is 4.79 Å². The second-order valence-corrected chi connectivity index (χ2v) is 9.18. The SMILES string of the molecule is COc1ccc(C(C)N2C3CC(NC(=O)c4cncc(C)c4)CC34CC24)c(C)c1. The minimum absolute atomic E-state index is 0.00620. The van der Waals surface area contributed by atoms with E-state index < -0.39 is 0 Å². The molecule has 152 valence electrons. The number of ether oxygens (including phenoxy) is 1.